The van der Waals surface area contributed by atoms with E-state index in [0.29, 0.717) is 18.7 Å². The molecule has 1 aromatic carbocycles. The number of hydrogen-bond donors (Lipinski definition) is 1. The summed E-state index contributed by atoms with van der Waals surface area (Å²) in [4.78, 5) is 19.8. The van der Waals surface area contributed by atoms with Gasteiger partial charge in [0, 0.05) is 36.6 Å². The fourth-order valence-corrected chi connectivity index (χ4v) is 6.64. The summed E-state index contributed by atoms with van der Waals surface area (Å²) < 4.78 is 24.9. The van der Waals surface area contributed by atoms with Gasteiger partial charge in [-0.25, -0.2) is 8.42 Å². The smallest absolute Gasteiger partial charge is 0.256 e. The second-order valence-corrected chi connectivity index (χ2v) is 9.28. The zero-order valence-electron chi connectivity index (χ0n) is 13.8. The summed E-state index contributed by atoms with van der Waals surface area (Å²) in [6, 6.07) is 7.53. The first-order valence-corrected chi connectivity index (χ1v) is 9.83. The van der Waals surface area contributed by atoms with Crippen molar-refractivity contribution < 1.29 is 13.2 Å². The molecule has 0 aliphatic carbocycles. The summed E-state index contributed by atoms with van der Waals surface area (Å²) in [5.41, 5.74) is 1.42. The topological polar surface area (TPSA) is 73.5 Å². The predicted molar refractivity (Wildman–Crippen MR) is 92.7 cm³/mol. The van der Waals surface area contributed by atoms with Gasteiger partial charge in [-0.2, -0.15) is 0 Å². The molecule has 0 spiro atoms. The van der Waals surface area contributed by atoms with Crippen LogP contribution in [0.4, 0.5) is 0 Å². The number of aromatic amines is 1. The molecule has 128 valence electrons. The maximum atomic E-state index is 13.0. The van der Waals surface area contributed by atoms with E-state index in [1.165, 1.54) is 0 Å². The van der Waals surface area contributed by atoms with E-state index in [4.69, 9.17) is 0 Å². The quantitative estimate of drug-likeness (QED) is 0.878. The van der Waals surface area contributed by atoms with Crippen LogP contribution in [-0.2, 0) is 9.84 Å². The van der Waals surface area contributed by atoms with Gasteiger partial charge < -0.3 is 14.8 Å². The minimum atomic E-state index is -3.14. The molecule has 2 aromatic rings. The third-order valence-corrected chi connectivity index (χ3v) is 7.66. The number of nitrogens with one attached hydrogen (secondary N) is 1. The fraction of sp³-hybridized carbons (Fsp3) is 0.471. The van der Waals surface area contributed by atoms with Crippen LogP contribution in [0.1, 0.15) is 10.4 Å². The van der Waals surface area contributed by atoms with E-state index in [9.17, 15) is 13.2 Å². The number of rotatable bonds is 2. The highest BCUT2D eigenvalue weighted by Gasteiger charge is 2.53. The Bertz CT molecular complexity index is 903. The van der Waals surface area contributed by atoms with E-state index >= 15 is 0 Å². The molecule has 1 amide bonds. The Balaban J connectivity index is 1.65. The Morgan fingerprint density at radius 1 is 1.25 bits per heavy atom. The average molecular weight is 347 g/mol. The molecule has 0 saturated carbocycles. The minimum absolute atomic E-state index is 0.00297. The molecule has 2 fully saturated rings. The van der Waals surface area contributed by atoms with Crippen molar-refractivity contribution in [2.45, 2.75) is 11.3 Å². The zero-order chi connectivity index (χ0) is 17.1. The lowest BCUT2D eigenvalue weighted by molar-refractivity contribution is 0.0781. The van der Waals surface area contributed by atoms with E-state index in [-0.39, 0.29) is 23.6 Å². The maximum Gasteiger partial charge on any atom is 0.256 e. The van der Waals surface area contributed by atoms with Crippen molar-refractivity contribution in [1.82, 2.24) is 14.8 Å². The molecule has 3 atom stereocenters. The Labute approximate surface area is 141 Å². The average Bonchev–Trinajstić information content (AvgIpc) is 3.22. The number of likely N-dealkylation sites (tertiary alicyclic amines) is 1. The van der Waals surface area contributed by atoms with Crippen molar-refractivity contribution in [1.29, 1.82) is 0 Å². The summed E-state index contributed by atoms with van der Waals surface area (Å²) >= 11 is 0. The van der Waals surface area contributed by atoms with Crippen molar-refractivity contribution >= 4 is 26.6 Å². The summed E-state index contributed by atoms with van der Waals surface area (Å²) in [6.45, 7) is 0.802. The van der Waals surface area contributed by atoms with E-state index in [1.807, 2.05) is 43.4 Å². The van der Waals surface area contributed by atoms with Gasteiger partial charge in [0.2, 0.25) is 0 Å². The van der Waals surface area contributed by atoms with Crippen LogP contribution in [0.15, 0.2) is 30.5 Å². The molecule has 0 bridgehead atoms. The number of nitrogens with zero attached hydrogens (tertiary/aromatic N) is 2. The van der Waals surface area contributed by atoms with Gasteiger partial charge in [0.1, 0.15) is 0 Å². The lowest BCUT2D eigenvalue weighted by Gasteiger charge is -2.25. The highest BCUT2D eigenvalue weighted by molar-refractivity contribution is 7.92. The first-order valence-electron chi connectivity index (χ1n) is 8.12. The number of para-hydroxylation sites is 1. The van der Waals surface area contributed by atoms with Gasteiger partial charge >= 0.3 is 0 Å². The lowest BCUT2D eigenvalue weighted by atomic mass is 10.00. The number of benzene rings is 1. The first kappa shape index (κ1) is 15.7. The Kier molecular flexibility index (Phi) is 3.47. The number of sulfone groups is 1. The third kappa shape index (κ3) is 2.26. The van der Waals surface area contributed by atoms with Crippen molar-refractivity contribution in [3.8, 4) is 0 Å². The van der Waals surface area contributed by atoms with Gasteiger partial charge in [0.05, 0.1) is 22.1 Å². The van der Waals surface area contributed by atoms with Crippen LogP contribution < -0.4 is 0 Å². The fourth-order valence-electron chi connectivity index (χ4n) is 4.17. The van der Waals surface area contributed by atoms with Crippen molar-refractivity contribution in [2.24, 2.45) is 5.92 Å². The maximum absolute atomic E-state index is 13.0. The largest absolute Gasteiger partial charge is 0.361 e. The molecule has 0 unspecified atom stereocenters. The second kappa shape index (κ2) is 5.32. The normalized spacial score (nSPS) is 28.6. The monoisotopic (exact) mass is 347 g/mol. The number of hydrogen-bond acceptors (Lipinski definition) is 4. The number of carbonyl (C=O) groups excluding carboxylic acids is 1. The van der Waals surface area contributed by atoms with Crippen LogP contribution in [-0.4, -0.2) is 73.3 Å². The zero-order valence-corrected chi connectivity index (χ0v) is 14.6. The summed E-state index contributed by atoms with van der Waals surface area (Å²) in [5.74, 6) is 0.103. The van der Waals surface area contributed by atoms with Crippen LogP contribution in [0, 0.1) is 5.92 Å². The first-order chi connectivity index (χ1) is 11.4. The van der Waals surface area contributed by atoms with Crippen molar-refractivity contribution in [3.63, 3.8) is 0 Å². The van der Waals surface area contributed by atoms with E-state index < -0.39 is 15.1 Å². The second-order valence-electron chi connectivity index (χ2n) is 7.02. The molecule has 6 nitrogen and oxygen atoms in total. The molecule has 1 aromatic heterocycles. The molecule has 4 rings (SSSR count). The Morgan fingerprint density at radius 2 is 2.04 bits per heavy atom. The molecule has 0 radical (unpaired) electrons. The molecule has 2 aliphatic heterocycles. The summed E-state index contributed by atoms with van der Waals surface area (Å²) in [5, 5.41) is 0.552. The molecule has 3 heterocycles. The summed E-state index contributed by atoms with van der Waals surface area (Å²) in [6.07, 6.45) is 1.81. The van der Waals surface area contributed by atoms with E-state index in [0.717, 1.165) is 10.9 Å². The molecule has 2 saturated heterocycles. The standard InChI is InChI=1S/C17H21N3O3S/c1-19(2)14-10-24(22,23)15-9-20(8-13(14)15)17(21)12-5-3-4-11-6-7-18-16(11)12/h3-7,13-15,18H,8-10H2,1-2H3/t13-,14-,15-/m0/s1. The van der Waals surface area contributed by atoms with Crippen LogP contribution in [0.3, 0.4) is 0 Å². The van der Waals surface area contributed by atoms with Crippen LogP contribution >= 0.6 is 0 Å². The number of amides is 1. The van der Waals surface area contributed by atoms with Gasteiger partial charge in [0.15, 0.2) is 9.84 Å². The SMILES string of the molecule is CN(C)[C@H]1CS(=O)(=O)[C@H]2CN(C(=O)c3cccc4cc[nH]c34)C[C@@H]12. The van der Waals surface area contributed by atoms with Gasteiger partial charge in [-0.1, -0.05) is 12.1 Å². The van der Waals surface area contributed by atoms with Crippen LogP contribution in [0.25, 0.3) is 10.9 Å². The molecular weight excluding hydrogens is 326 g/mol. The van der Waals surface area contributed by atoms with Crippen molar-refractivity contribution in [2.75, 3.05) is 32.9 Å². The molecule has 24 heavy (non-hydrogen) atoms. The Morgan fingerprint density at radius 3 is 2.79 bits per heavy atom. The highest BCUT2D eigenvalue weighted by Crippen LogP contribution is 2.36. The lowest BCUT2D eigenvalue weighted by Crippen LogP contribution is -2.38. The third-order valence-electron chi connectivity index (χ3n) is 5.44. The number of H-pyrrole nitrogens is 1. The van der Waals surface area contributed by atoms with Gasteiger partial charge in [-0.3, -0.25) is 4.79 Å². The van der Waals surface area contributed by atoms with Crippen molar-refractivity contribution in [3.05, 3.63) is 36.0 Å². The molecule has 2 aliphatic rings. The van der Waals surface area contributed by atoms with E-state index in [1.54, 1.807) is 11.0 Å². The Hall–Kier alpha value is -1.86. The van der Waals surface area contributed by atoms with Crippen LogP contribution in [0.5, 0.6) is 0 Å². The van der Waals surface area contributed by atoms with E-state index in [2.05, 4.69) is 4.98 Å². The van der Waals surface area contributed by atoms with Gasteiger partial charge in [-0.05, 0) is 26.2 Å². The highest BCUT2D eigenvalue weighted by atomic mass is 32.2. The molecule has 7 heteroatoms. The minimum Gasteiger partial charge on any atom is -0.361 e. The van der Waals surface area contributed by atoms with Gasteiger partial charge in [0.25, 0.3) is 5.91 Å². The number of aromatic nitrogens is 1. The molecule has 1 N–H and O–H groups in total. The van der Waals surface area contributed by atoms with Crippen LogP contribution in [0.2, 0.25) is 0 Å². The molecular formula is C17H21N3O3S. The van der Waals surface area contributed by atoms with Gasteiger partial charge in [-0.15, -0.1) is 0 Å². The number of carbonyl (C=O) groups is 1. The summed E-state index contributed by atoms with van der Waals surface area (Å²) in [7, 11) is 0.677. The predicted octanol–water partition coefficient (Wildman–Crippen LogP) is 0.967. The number of fused-ring (bicyclic) bond motifs is 2.